The Hall–Kier alpha value is -3.07. The van der Waals surface area contributed by atoms with Crippen LogP contribution in [-0.2, 0) is 19.1 Å². The Balaban J connectivity index is 2.05. The number of hydrogen-bond acceptors (Lipinski definition) is 4. The first-order valence-electron chi connectivity index (χ1n) is 10.3. The van der Waals surface area contributed by atoms with E-state index in [1.807, 2.05) is 18.2 Å². The molecule has 160 valence electrons. The molecule has 1 aliphatic rings. The summed E-state index contributed by atoms with van der Waals surface area (Å²) in [4.78, 5) is 34.9. The zero-order chi connectivity index (χ0) is 21.9. The van der Waals surface area contributed by atoms with E-state index in [1.54, 1.807) is 13.8 Å². The van der Waals surface area contributed by atoms with Crippen molar-refractivity contribution < 1.29 is 24.2 Å². The molecule has 0 bridgehead atoms. The number of esters is 1. The van der Waals surface area contributed by atoms with Crippen LogP contribution in [0.4, 0.5) is 0 Å². The van der Waals surface area contributed by atoms with Gasteiger partial charge in [0.25, 0.3) is 0 Å². The van der Waals surface area contributed by atoms with E-state index in [0.717, 1.165) is 18.4 Å². The number of hydrogen-bond donors (Lipinski definition) is 2. The number of ether oxygens (including phenoxy) is 1. The summed E-state index contributed by atoms with van der Waals surface area (Å²) in [5.74, 6) is -1.98. The summed E-state index contributed by atoms with van der Waals surface area (Å²) in [5.41, 5.74) is 3.54. The predicted molar refractivity (Wildman–Crippen MR) is 113 cm³/mol. The van der Waals surface area contributed by atoms with Crippen LogP contribution < -0.4 is 5.32 Å². The lowest BCUT2D eigenvalue weighted by Gasteiger charge is -2.24. The fraction of sp³-hybridized carbons (Fsp3) is 0.458. The standard InChI is InChI=1S/C24H29NO5/c1-3-30-24(29)17(2)15-21(25-22(26)13-14-23(27)28)16-18-9-11-20(12-10-18)19-7-5-4-6-8-19/h5,7-9,11,17,21H,3,10,12-16H2,1-2H3,(H,25,26)(H,27,28)/t17-,21+/m1/s1. The number of rotatable bonds is 11. The first kappa shape index (κ1) is 23.2. The molecule has 0 unspecified atom stereocenters. The number of aliphatic carboxylic acids is 1. The van der Waals surface area contributed by atoms with Gasteiger partial charge in [0, 0.05) is 12.5 Å². The van der Waals surface area contributed by atoms with Crippen molar-refractivity contribution in [3.05, 3.63) is 53.6 Å². The predicted octanol–water partition coefficient (Wildman–Crippen LogP) is 3.72. The van der Waals surface area contributed by atoms with Crippen molar-refractivity contribution in [2.24, 2.45) is 5.92 Å². The van der Waals surface area contributed by atoms with Gasteiger partial charge in [-0.25, -0.2) is 0 Å². The van der Waals surface area contributed by atoms with Crippen LogP contribution in [0.25, 0.3) is 5.57 Å². The fourth-order valence-electron chi connectivity index (χ4n) is 3.48. The highest BCUT2D eigenvalue weighted by Gasteiger charge is 2.23. The molecule has 1 amide bonds. The van der Waals surface area contributed by atoms with Gasteiger partial charge >= 0.3 is 11.9 Å². The van der Waals surface area contributed by atoms with Gasteiger partial charge in [-0.15, -0.1) is 0 Å². The third-order valence-electron chi connectivity index (χ3n) is 5.03. The van der Waals surface area contributed by atoms with Crippen LogP contribution >= 0.6 is 0 Å². The minimum atomic E-state index is -1.01. The second-order valence-electron chi connectivity index (χ2n) is 7.49. The molecule has 0 aliphatic heterocycles. The van der Waals surface area contributed by atoms with E-state index >= 15 is 0 Å². The zero-order valence-corrected chi connectivity index (χ0v) is 17.6. The summed E-state index contributed by atoms with van der Waals surface area (Å²) in [7, 11) is 0. The lowest BCUT2D eigenvalue weighted by atomic mass is 9.88. The average Bonchev–Trinajstić information content (AvgIpc) is 2.73. The number of amides is 1. The monoisotopic (exact) mass is 411 g/mol. The van der Waals surface area contributed by atoms with Crippen LogP contribution in [0.3, 0.4) is 0 Å². The second-order valence-corrected chi connectivity index (χ2v) is 7.49. The van der Waals surface area contributed by atoms with E-state index in [-0.39, 0.29) is 36.7 Å². The molecule has 6 nitrogen and oxygen atoms in total. The Kier molecular flexibility index (Phi) is 9.14. The summed E-state index contributed by atoms with van der Waals surface area (Å²) < 4.78 is 5.08. The minimum absolute atomic E-state index is 0.0791. The maximum absolute atomic E-state index is 12.2. The molecule has 0 aromatic heterocycles. The van der Waals surface area contributed by atoms with Crippen molar-refractivity contribution in [2.45, 2.75) is 58.4 Å². The SMILES string of the molecule is CCOC(=O)[C@H](C)C[C@@H](CC1=CC=C(c2cc#ccc2)CC1)NC(=O)CCC(=O)O. The first-order valence-corrected chi connectivity index (χ1v) is 10.3. The quantitative estimate of drug-likeness (QED) is 0.542. The van der Waals surface area contributed by atoms with E-state index in [0.29, 0.717) is 19.4 Å². The minimum Gasteiger partial charge on any atom is -0.481 e. The molecule has 2 atom stereocenters. The summed E-state index contributed by atoms with van der Waals surface area (Å²) >= 11 is 0. The van der Waals surface area contributed by atoms with Gasteiger partial charge in [-0.05, 0) is 61.9 Å². The Morgan fingerprint density at radius 2 is 2.00 bits per heavy atom. The molecule has 0 spiro atoms. The third kappa shape index (κ3) is 7.75. The summed E-state index contributed by atoms with van der Waals surface area (Å²) in [6.45, 7) is 3.85. The number of allylic oxidation sites excluding steroid dienone is 3. The van der Waals surface area contributed by atoms with Crippen LogP contribution in [0.1, 0.15) is 57.9 Å². The van der Waals surface area contributed by atoms with Gasteiger partial charge in [-0.1, -0.05) is 36.8 Å². The van der Waals surface area contributed by atoms with E-state index in [2.05, 4.69) is 29.6 Å². The van der Waals surface area contributed by atoms with Crippen molar-refractivity contribution in [3.63, 3.8) is 0 Å². The van der Waals surface area contributed by atoms with Crippen LogP contribution in [0.15, 0.2) is 35.9 Å². The summed E-state index contributed by atoms with van der Waals surface area (Å²) in [6, 6.07) is 11.4. The van der Waals surface area contributed by atoms with Crippen molar-refractivity contribution >= 4 is 23.4 Å². The largest absolute Gasteiger partial charge is 0.481 e. The number of nitrogens with one attached hydrogen (secondary N) is 1. The normalized spacial score (nSPS) is 15.1. The zero-order valence-electron chi connectivity index (χ0n) is 17.6. The average molecular weight is 411 g/mol. The van der Waals surface area contributed by atoms with E-state index in [4.69, 9.17) is 9.84 Å². The van der Waals surface area contributed by atoms with Gasteiger partial charge in [0.2, 0.25) is 5.91 Å². The molecule has 0 radical (unpaired) electrons. The highest BCUT2D eigenvalue weighted by Crippen LogP contribution is 2.29. The van der Waals surface area contributed by atoms with Crippen molar-refractivity contribution in [3.8, 4) is 0 Å². The number of carboxylic acid groups (broad SMARTS) is 1. The summed E-state index contributed by atoms with van der Waals surface area (Å²) in [6.07, 6.45) is 6.66. The number of carbonyl (C=O) groups is 3. The molecular formula is C24H29NO5. The molecule has 30 heavy (non-hydrogen) atoms. The van der Waals surface area contributed by atoms with Crippen molar-refractivity contribution in [1.82, 2.24) is 5.32 Å². The molecule has 2 rings (SSSR count). The first-order chi connectivity index (χ1) is 14.4. The topological polar surface area (TPSA) is 92.7 Å². The Labute approximate surface area is 178 Å². The summed E-state index contributed by atoms with van der Waals surface area (Å²) in [5, 5.41) is 11.7. The van der Waals surface area contributed by atoms with Crippen LogP contribution in [0, 0.1) is 18.1 Å². The third-order valence-corrected chi connectivity index (χ3v) is 5.03. The van der Waals surface area contributed by atoms with Crippen LogP contribution in [0.5, 0.6) is 0 Å². The van der Waals surface area contributed by atoms with Crippen LogP contribution in [0.2, 0.25) is 0 Å². The van der Waals surface area contributed by atoms with Crippen molar-refractivity contribution in [1.29, 1.82) is 0 Å². The lowest BCUT2D eigenvalue weighted by molar-refractivity contribution is -0.148. The lowest BCUT2D eigenvalue weighted by Crippen LogP contribution is -2.38. The fourth-order valence-corrected chi connectivity index (χ4v) is 3.48. The van der Waals surface area contributed by atoms with Gasteiger partial charge in [-0.2, -0.15) is 0 Å². The molecule has 6 heteroatoms. The molecule has 1 aromatic carbocycles. The number of carbonyl (C=O) groups excluding carboxylic acids is 2. The van der Waals surface area contributed by atoms with Gasteiger partial charge in [0.05, 0.1) is 18.9 Å². The highest BCUT2D eigenvalue weighted by atomic mass is 16.5. The maximum atomic E-state index is 12.2. The smallest absolute Gasteiger partial charge is 0.308 e. The maximum Gasteiger partial charge on any atom is 0.308 e. The Bertz CT molecular complexity index is 797. The van der Waals surface area contributed by atoms with E-state index < -0.39 is 5.97 Å². The van der Waals surface area contributed by atoms with Gasteiger partial charge in [0.1, 0.15) is 0 Å². The van der Waals surface area contributed by atoms with Gasteiger partial charge in [-0.3, -0.25) is 14.4 Å². The highest BCUT2D eigenvalue weighted by molar-refractivity contribution is 5.81. The molecule has 2 N–H and O–H groups in total. The molecule has 1 aromatic rings. The molecule has 0 saturated heterocycles. The number of carboxylic acids is 1. The Morgan fingerprint density at radius 1 is 1.20 bits per heavy atom. The van der Waals surface area contributed by atoms with Crippen molar-refractivity contribution in [2.75, 3.05) is 6.61 Å². The molecule has 1 aliphatic carbocycles. The molecular weight excluding hydrogens is 382 g/mol. The second kappa shape index (κ2) is 11.8. The molecule has 0 heterocycles. The van der Waals surface area contributed by atoms with E-state index in [1.165, 1.54) is 11.1 Å². The molecule has 0 fully saturated rings. The van der Waals surface area contributed by atoms with Gasteiger partial charge < -0.3 is 15.2 Å². The van der Waals surface area contributed by atoms with E-state index in [9.17, 15) is 14.4 Å². The Morgan fingerprint density at radius 3 is 2.60 bits per heavy atom. The van der Waals surface area contributed by atoms with Crippen LogP contribution in [-0.4, -0.2) is 35.6 Å². The van der Waals surface area contributed by atoms with Gasteiger partial charge in [0.15, 0.2) is 0 Å². The molecule has 0 saturated carbocycles.